The molecule has 0 aliphatic heterocycles. The summed E-state index contributed by atoms with van der Waals surface area (Å²) in [4.78, 5) is 26.4. The van der Waals surface area contributed by atoms with E-state index in [1.54, 1.807) is 11.6 Å². The topological polar surface area (TPSA) is 97.2 Å². The minimum absolute atomic E-state index is 0.0577. The summed E-state index contributed by atoms with van der Waals surface area (Å²) in [5.74, 6) is -0.353. The second-order valence-electron chi connectivity index (χ2n) is 3.81. The van der Waals surface area contributed by atoms with Crippen molar-refractivity contribution in [1.82, 2.24) is 4.98 Å². The number of rotatable bonds is 5. The maximum Gasteiger partial charge on any atom is 0.292 e. The number of hydrogen-bond donors (Lipinski definition) is 2. The predicted molar refractivity (Wildman–Crippen MR) is 77.3 cm³/mol. The van der Waals surface area contributed by atoms with E-state index in [1.165, 1.54) is 29.5 Å². The Morgan fingerprint density at radius 2 is 2.30 bits per heavy atom. The fourth-order valence-corrected chi connectivity index (χ4v) is 2.15. The Balaban J connectivity index is 2.26. The highest BCUT2D eigenvalue weighted by Gasteiger charge is 2.16. The fraction of sp³-hybridized carbons (Fsp3) is 0.167. The third-order valence-electron chi connectivity index (χ3n) is 2.48. The van der Waals surface area contributed by atoms with Crippen molar-refractivity contribution in [3.05, 3.63) is 45.5 Å². The van der Waals surface area contributed by atoms with Crippen molar-refractivity contribution in [3.8, 4) is 0 Å². The number of carbonyl (C=O) groups excluding carboxylic acids is 1. The summed E-state index contributed by atoms with van der Waals surface area (Å²) in [6.07, 6.45) is 1.58. The standard InChI is InChI=1S/C12H12N4O3S/c1-2-13-9-7-8(3-4-10(9)16(18)19)11(17)15-12-14-5-6-20-12/h3-7,13H,2H2,1H3,(H,14,15,17). The molecule has 1 aromatic carbocycles. The Kier molecular flexibility index (Phi) is 4.26. The molecule has 20 heavy (non-hydrogen) atoms. The zero-order chi connectivity index (χ0) is 14.5. The molecule has 0 saturated heterocycles. The maximum absolute atomic E-state index is 12.0. The van der Waals surface area contributed by atoms with Crippen molar-refractivity contribution in [3.63, 3.8) is 0 Å². The van der Waals surface area contributed by atoms with Gasteiger partial charge in [0.15, 0.2) is 5.13 Å². The van der Waals surface area contributed by atoms with Crippen LogP contribution in [0.2, 0.25) is 0 Å². The molecule has 0 atom stereocenters. The van der Waals surface area contributed by atoms with Crippen molar-refractivity contribution < 1.29 is 9.72 Å². The molecule has 1 amide bonds. The van der Waals surface area contributed by atoms with Crippen LogP contribution in [0, 0.1) is 10.1 Å². The molecule has 1 heterocycles. The van der Waals surface area contributed by atoms with Gasteiger partial charge in [-0.1, -0.05) is 0 Å². The van der Waals surface area contributed by atoms with E-state index in [-0.39, 0.29) is 11.6 Å². The average Bonchev–Trinajstić information content (AvgIpc) is 2.91. The molecule has 7 nitrogen and oxygen atoms in total. The number of nitrogens with one attached hydrogen (secondary N) is 2. The van der Waals surface area contributed by atoms with Gasteiger partial charge in [0.2, 0.25) is 0 Å². The Labute approximate surface area is 118 Å². The molecule has 8 heteroatoms. The minimum Gasteiger partial charge on any atom is -0.380 e. The Bertz CT molecular complexity index is 628. The summed E-state index contributed by atoms with van der Waals surface area (Å²) in [6, 6.07) is 4.20. The Morgan fingerprint density at radius 1 is 1.50 bits per heavy atom. The van der Waals surface area contributed by atoms with Crippen molar-refractivity contribution >= 4 is 33.8 Å². The van der Waals surface area contributed by atoms with Crippen molar-refractivity contribution in [2.24, 2.45) is 0 Å². The molecule has 2 N–H and O–H groups in total. The quantitative estimate of drug-likeness (QED) is 0.652. The molecule has 0 unspecified atom stereocenters. The lowest BCUT2D eigenvalue weighted by Gasteiger charge is -2.07. The van der Waals surface area contributed by atoms with Crippen LogP contribution < -0.4 is 10.6 Å². The number of carbonyl (C=O) groups is 1. The summed E-state index contributed by atoms with van der Waals surface area (Å²) >= 11 is 1.30. The van der Waals surface area contributed by atoms with Crippen LogP contribution in [0.15, 0.2) is 29.8 Å². The first-order valence-corrected chi connectivity index (χ1v) is 6.73. The van der Waals surface area contributed by atoms with Gasteiger partial charge in [-0.05, 0) is 19.1 Å². The van der Waals surface area contributed by atoms with E-state index in [0.717, 1.165) is 0 Å². The van der Waals surface area contributed by atoms with Gasteiger partial charge in [-0.15, -0.1) is 11.3 Å². The van der Waals surface area contributed by atoms with Crippen molar-refractivity contribution in [2.45, 2.75) is 6.92 Å². The molecule has 1 aromatic heterocycles. The van der Waals surface area contributed by atoms with Gasteiger partial charge in [-0.2, -0.15) is 0 Å². The van der Waals surface area contributed by atoms with Gasteiger partial charge in [0, 0.05) is 29.8 Å². The molecule has 2 aromatic rings. The van der Waals surface area contributed by atoms with Crippen molar-refractivity contribution in [2.75, 3.05) is 17.2 Å². The van der Waals surface area contributed by atoms with Gasteiger partial charge in [0.1, 0.15) is 5.69 Å². The Hall–Kier alpha value is -2.48. The van der Waals surface area contributed by atoms with Gasteiger partial charge >= 0.3 is 0 Å². The van der Waals surface area contributed by atoms with Crippen LogP contribution in [0.25, 0.3) is 0 Å². The van der Waals surface area contributed by atoms with Crippen molar-refractivity contribution in [1.29, 1.82) is 0 Å². The first kappa shape index (κ1) is 13.9. The van der Waals surface area contributed by atoms with Gasteiger partial charge in [0.05, 0.1) is 4.92 Å². The molecule has 2 rings (SSSR count). The molecule has 0 radical (unpaired) electrons. The molecule has 0 spiro atoms. The number of nitrogens with zero attached hydrogens (tertiary/aromatic N) is 2. The lowest BCUT2D eigenvalue weighted by Crippen LogP contribution is -2.12. The van der Waals surface area contributed by atoms with Crippen LogP contribution in [0.5, 0.6) is 0 Å². The van der Waals surface area contributed by atoms with Crippen LogP contribution in [-0.4, -0.2) is 22.4 Å². The highest BCUT2D eigenvalue weighted by Crippen LogP contribution is 2.25. The van der Waals surface area contributed by atoms with E-state index >= 15 is 0 Å². The van der Waals surface area contributed by atoms with E-state index in [4.69, 9.17) is 0 Å². The minimum atomic E-state index is -0.486. The summed E-state index contributed by atoms with van der Waals surface area (Å²) in [5, 5.41) is 18.6. The highest BCUT2D eigenvalue weighted by molar-refractivity contribution is 7.13. The number of nitro benzene ring substituents is 1. The van der Waals surface area contributed by atoms with Crippen LogP contribution in [-0.2, 0) is 0 Å². The molecule has 104 valence electrons. The van der Waals surface area contributed by atoms with Gasteiger partial charge in [-0.25, -0.2) is 4.98 Å². The molecular formula is C12H12N4O3S. The lowest BCUT2D eigenvalue weighted by atomic mass is 10.1. The van der Waals surface area contributed by atoms with Gasteiger partial charge in [0.25, 0.3) is 11.6 Å². The van der Waals surface area contributed by atoms with E-state index in [1.807, 2.05) is 6.92 Å². The molecule has 0 aliphatic carbocycles. The first-order valence-electron chi connectivity index (χ1n) is 5.85. The summed E-state index contributed by atoms with van der Waals surface area (Å²) in [5.41, 5.74) is 0.601. The maximum atomic E-state index is 12.0. The van der Waals surface area contributed by atoms with Gasteiger partial charge in [-0.3, -0.25) is 20.2 Å². The highest BCUT2D eigenvalue weighted by atomic mass is 32.1. The number of thiazole rings is 1. The van der Waals surface area contributed by atoms with Crippen LogP contribution in [0.3, 0.4) is 0 Å². The van der Waals surface area contributed by atoms with Crippen LogP contribution in [0.4, 0.5) is 16.5 Å². The number of nitro groups is 1. The molecule has 0 bridgehead atoms. The normalized spacial score (nSPS) is 10.1. The van der Waals surface area contributed by atoms with Crippen LogP contribution >= 0.6 is 11.3 Å². The lowest BCUT2D eigenvalue weighted by molar-refractivity contribution is -0.384. The second kappa shape index (κ2) is 6.11. The summed E-state index contributed by atoms with van der Waals surface area (Å²) < 4.78 is 0. The smallest absolute Gasteiger partial charge is 0.292 e. The molecule has 0 aliphatic rings. The molecule has 0 saturated carbocycles. The summed E-state index contributed by atoms with van der Waals surface area (Å²) in [7, 11) is 0. The number of aromatic nitrogens is 1. The number of anilines is 2. The first-order chi connectivity index (χ1) is 9.61. The molecular weight excluding hydrogens is 280 g/mol. The fourth-order valence-electron chi connectivity index (χ4n) is 1.62. The zero-order valence-electron chi connectivity index (χ0n) is 10.6. The number of hydrogen-bond acceptors (Lipinski definition) is 6. The number of amides is 1. The molecule has 0 fully saturated rings. The van der Waals surface area contributed by atoms with E-state index in [0.29, 0.717) is 22.9 Å². The second-order valence-corrected chi connectivity index (χ2v) is 4.71. The third kappa shape index (κ3) is 3.09. The van der Waals surface area contributed by atoms with E-state index < -0.39 is 4.92 Å². The van der Waals surface area contributed by atoms with E-state index in [9.17, 15) is 14.9 Å². The monoisotopic (exact) mass is 292 g/mol. The van der Waals surface area contributed by atoms with E-state index in [2.05, 4.69) is 15.6 Å². The van der Waals surface area contributed by atoms with Crippen LogP contribution in [0.1, 0.15) is 17.3 Å². The average molecular weight is 292 g/mol. The van der Waals surface area contributed by atoms with Gasteiger partial charge < -0.3 is 5.32 Å². The third-order valence-corrected chi connectivity index (χ3v) is 3.16. The Morgan fingerprint density at radius 3 is 2.90 bits per heavy atom. The zero-order valence-corrected chi connectivity index (χ0v) is 11.4. The predicted octanol–water partition coefficient (Wildman–Crippen LogP) is 2.74. The number of benzene rings is 1. The summed E-state index contributed by atoms with van der Waals surface area (Å²) in [6.45, 7) is 2.35. The largest absolute Gasteiger partial charge is 0.380 e. The SMILES string of the molecule is CCNc1cc(C(=O)Nc2nccs2)ccc1[N+](=O)[O-].